The summed E-state index contributed by atoms with van der Waals surface area (Å²) in [6.07, 6.45) is 0.867. The lowest BCUT2D eigenvalue weighted by Gasteiger charge is -2.37. The molecule has 2 N–H and O–H groups in total. The molecule has 66 valence electrons. The molecule has 1 rings (SSSR count). The Balaban J connectivity index is 2.38. The van der Waals surface area contributed by atoms with Crippen LogP contribution in [0.3, 0.4) is 0 Å². The third-order valence-electron chi connectivity index (χ3n) is 2.59. The normalized spacial score (nSPS) is 34.1. The van der Waals surface area contributed by atoms with Crippen molar-refractivity contribution >= 4 is 0 Å². The van der Waals surface area contributed by atoms with Crippen molar-refractivity contribution in [1.82, 2.24) is 10.2 Å². The Morgan fingerprint density at radius 2 is 2.36 bits per heavy atom. The predicted molar refractivity (Wildman–Crippen MR) is 45.6 cm³/mol. The molecule has 2 atom stereocenters. The zero-order chi connectivity index (χ0) is 8.27. The highest BCUT2D eigenvalue weighted by molar-refractivity contribution is 4.84. The van der Waals surface area contributed by atoms with Crippen LogP contribution >= 0.6 is 0 Å². The van der Waals surface area contributed by atoms with Crippen molar-refractivity contribution in [2.45, 2.75) is 25.4 Å². The molecule has 0 aliphatic carbocycles. The van der Waals surface area contributed by atoms with E-state index in [0.717, 1.165) is 19.5 Å². The molecule has 0 bridgehead atoms. The van der Waals surface area contributed by atoms with Crippen LogP contribution in [-0.2, 0) is 0 Å². The van der Waals surface area contributed by atoms with Crippen molar-refractivity contribution in [1.29, 1.82) is 0 Å². The highest BCUT2D eigenvalue weighted by Gasteiger charge is 2.23. The summed E-state index contributed by atoms with van der Waals surface area (Å²) in [6, 6.07) is 1.02. The smallest absolute Gasteiger partial charge is 0.0446 e. The minimum Gasteiger partial charge on any atom is -0.396 e. The summed E-state index contributed by atoms with van der Waals surface area (Å²) < 4.78 is 0. The van der Waals surface area contributed by atoms with Crippen LogP contribution in [0.4, 0.5) is 0 Å². The van der Waals surface area contributed by atoms with E-state index in [9.17, 15) is 0 Å². The van der Waals surface area contributed by atoms with E-state index < -0.39 is 0 Å². The maximum Gasteiger partial charge on any atom is 0.0446 e. The van der Waals surface area contributed by atoms with Gasteiger partial charge in [-0.1, -0.05) is 0 Å². The quantitative estimate of drug-likeness (QED) is 0.577. The predicted octanol–water partition coefficient (Wildman–Crippen LogP) is -0.339. The zero-order valence-electron chi connectivity index (χ0n) is 7.38. The lowest BCUT2D eigenvalue weighted by molar-refractivity contribution is 0.140. The summed E-state index contributed by atoms with van der Waals surface area (Å²) in [5.41, 5.74) is 0. The maximum absolute atomic E-state index is 8.76. The zero-order valence-corrected chi connectivity index (χ0v) is 7.38. The van der Waals surface area contributed by atoms with Gasteiger partial charge in [-0.15, -0.1) is 0 Å². The number of piperazine rings is 1. The standard InChI is InChI=1S/C8H18N2O/c1-7-8(3-6-11)9-4-5-10(7)2/h7-9,11H,3-6H2,1-2H3. The van der Waals surface area contributed by atoms with Gasteiger partial charge in [-0.25, -0.2) is 0 Å². The van der Waals surface area contributed by atoms with Crippen molar-refractivity contribution in [3.8, 4) is 0 Å². The number of nitrogens with one attached hydrogen (secondary N) is 1. The van der Waals surface area contributed by atoms with Gasteiger partial charge in [0.05, 0.1) is 0 Å². The van der Waals surface area contributed by atoms with E-state index in [4.69, 9.17) is 5.11 Å². The number of aliphatic hydroxyl groups excluding tert-OH is 1. The van der Waals surface area contributed by atoms with Crippen LogP contribution in [0.15, 0.2) is 0 Å². The summed E-state index contributed by atoms with van der Waals surface area (Å²) in [6.45, 7) is 4.65. The fourth-order valence-corrected chi connectivity index (χ4v) is 1.59. The first kappa shape index (κ1) is 8.97. The van der Waals surface area contributed by atoms with E-state index in [1.54, 1.807) is 0 Å². The molecule has 0 amide bonds. The third kappa shape index (κ3) is 2.15. The minimum absolute atomic E-state index is 0.288. The molecule has 0 aromatic rings. The van der Waals surface area contributed by atoms with Crippen LogP contribution in [-0.4, -0.2) is 48.8 Å². The Morgan fingerprint density at radius 1 is 1.64 bits per heavy atom. The van der Waals surface area contributed by atoms with Gasteiger partial charge in [-0.2, -0.15) is 0 Å². The van der Waals surface area contributed by atoms with Crippen LogP contribution in [0.1, 0.15) is 13.3 Å². The molecular weight excluding hydrogens is 140 g/mol. The van der Waals surface area contributed by atoms with E-state index in [2.05, 4.69) is 24.2 Å². The SMILES string of the molecule is CC1C(CCO)NCCN1C. The molecule has 0 aromatic carbocycles. The summed E-state index contributed by atoms with van der Waals surface area (Å²) in [5, 5.41) is 12.2. The summed E-state index contributed by atoms with van der Waals surface area (Å²) in [4.78, 5) is 2.33. The molecule has 1 fully saturated rings. The molecule has 3 nitrogen and oxygen atoms in total. The van der Waals surface area contributed by atoms with Crippen LogP contribution in [0.2, 0.25) is 0 Å². The molecule has 0 spiro atoms. The van der Waals surface area contributed by atoms with E-state index >= 15 is 0 Å². The second-order valence-electron chi connectivity index (χ2n) is 3.29. The first-order valence-electron chi connectivity index (χ1n) is 4.30. The van der Waals surface area contributed by atoms with Gasteiger partial charge >= 0.3 is 0 Å². The Morgan fingerprint density at radius 3 is 3.00 bits per heavy atom. The van der Waals surface area contributed by atoms with E-state index in [0.29, 0.717) is 12.1 Å². The van der Waals surface area contributed by atoms with Crippen LogP contribution in [0.25, 0.3) is 0 Å². The maximum atomic E-state index is 8.76. The Kier molecular flexibility index (Phi) is 3.30. The highest BCUT2D eigenvalue weighted by atomic mass is 16.3. The Hall–Kier alpha value is -0.120. The molecular formula is C8H18N2O. The molecule has 1 aliphatic rings. The van der Waals surface area contributed by atoms with Crippen molar-refractivity contribution in [2.75, 3.05) is 26.7 Å². The van der Waals surface area contributed by atoms with Crippen molar-refractivity contribution < 1.29 is 5.11 Å². The van der Waals surface area contributed by atoms with Gasteiger partial charge in [0.1, 0.15) is 0 Å². The molecule has 3 heteroatoms. The molecule has 1 saturated heterocycles. The van der Waals surface area contributed by atoms with Gasteiger partial charge in [0.25, 0.3) is 0 Å². The second kappa shape index (κ2) is 4.04. The lowest BCUT2D eigenvalue weighted by atomic mass is 10.0. The first-order valence-corrected chi connectivity index (χ1v) is 4.30. The average Bonchev–Trinajstić information content (AvgIpc) is 1.99. The van der Waals surface area contributed by atoms with Crippen LogP contribution in [0.5, 0.6) is 0 Å². The van der Waals surface area contributed by atoms with Crippen LogP contribution < -0.4 is 5.32 Å². The summed E-state index contributed by atoms with van der Waals surface area (Å²) in [5.74, 6) is 0. The number of likely N-dealkylation sites (N-methyl/N-ethyl adjacent to an activating group) is 1. The van der Waals surface area contributed by atoms with Gasteiger partial charge < -0.3 is 15.3 Å². The van der Waals surface area contributed by atoms with E-state index in [1.165, 1.54) is 0 Å². The number of hydrogen-bond acceptors (Lipinski definition) is 3. The third-order valence-corrected chi connectivity index (χ3v) is 2.59. The van der Waals surface area contributed by atoms with E-state index in [1.807, 2.05) is 0 Å². The van der Waals surface area contributed by atoms with Gasteiger partial charge in [0.15, 0.2) is 0 Å². The molecule has 2 unspecified atom stereocenters. The van der Waals surface area contributed by atoms with Crippen LogP contribution in [0, 0.1) is 0 Å². The van der Waals surface area contributed by atoms with Gasteiger partial charge in [0.2, 0.25) is 0 Å². The van der Waals surface area contributed by atoms with Crippen molar-refractivity contribution in [2.24, 2.45) is 0 Å². The second-order valence-corrected chi connectivity index (χ2v) is 3.29. The number of nitrogens with zero attached hydrogens (tertiary/aromatic N) is 1. The van der Waals surface area contributed by atoms with Gasteiger partial charge in [0, 0.05) is 31.8 Å². The fraction of sp³-hybridized carbons (Fsp3) is 1.00. The molecule has 0 aromatic heterocycles. The van der Waals surface area contributed by atoms with Crippen molar-refractivity contribution in [3.63, 3.8) is 0 Å². The van der Waals surface area contributed by atoms with Gasteiger partial charge in [-0.3, -0.25) is 0 Å². The highest BCUT2D eigenvalue weighted by Crippen LogP contribution is 2.08. The number of hydrogen-bond donors (Lipinski definition) is 2. The average molecular weight is 158 g/mol. The Bertz CT molecular complexity index is 117. The Labute approximate surface area is 68.4 Å². The summed E-state index contributed by atoms with van der Waals surface area (Å²) in [7, 11) is 2.13. The topological polar surface area (TPSA) is 35.5 Å². The molecule has 1 heterocycles. The molecule has 11 heavy (non-hydrogen) atoms. The lowest BCUT2D eigenvalue weighted by Crippen LogP contribution is -2.55. The fourth-order valence-electron chi connectivity index (χ4n) is 1.59. The summed E-state index contributed by atoms with van der Waals surface area (Å²) >= 11 is 0. The number of aliphatic hydroxyl groups is 1. The number of rotatable bonds is 2. The monoisotopic (exact) mass is 158 g/mol. The first-order chi connectivity index (χ1) is 5.25. The van der Waals surface area contributed by atoms with Gasteiger partial charge in [-0.05, 0) is 20.4 Å². The minimum atomic E-state index is 0.288. The molecule has 0 saturated carbocycles. The molecule has 0 radical (unpaired) electrons. The van der Waals surface area contributed by atoms with Crippen molar-refractivity contribution in [3.05, 3.63) is 0 Å². The van der Waals surface area contributed by atoms with E-state index in [-0.39, 0.29) is 6.61 Å². The largest absolute Gasteiger partial charge is 0.396 e. The molecule has 1 aliphatic heterocycles.